The molecule has 12 atom stereocenters. The largest absolute Gasteiger partial charge is 0.496 e. The summed E-state index contributed by atoms with van der Waals surface area (Å²) in [6.45, 7) is 11.3. The third-order valence-electron chi connectivity index (χ3n) is 25.7. The van der Waals surface area contributed by atoms with Gasteiger partial charge in [-0.3, -0.25) is 57.8 Å². The van der Waals surface area contributed by atoms with Crippen LogP contribution in [0.1, 0.15) is 160 Å². The molecule has 38 heteroatoms. The van der Waals surface area contributed by atoms with Gasteiger partial charge in [-0.15, -0.1) is 0 Å². The molecule has 6 amide bonds. The number of thioether (sulfide) groups is 1. The van der Waals surface area contributed by atoms with Crippen LogP contribution in [0.25, 0.3) is 21.3 Å². The number of thiazole rings is 1. The van der Waals surface area contributed by atoms with Crippen molar-refractivity contribution < 1.29 is 120 Å². The minimum absolute atomic E-state index is 0.0127. The number of anilines is 2. The molecule has 14 rings (SSSR count). The molecule has 3 aromatic carbocycles. The molecule has 4 bridgehead atoms. The molecular formula is C88H110N10O25S3. The highest BCUT2D eigenvalue weighted by Gasteiger charge is 2.66. The summed E-state index contributed by atoms with van der Waals surface area (Å²) in [5, 5.41) is 63.5. The van der Waals surface area contributed by atoms with E-state index in [9.17, 15) is 91.2 Å². The Morgan fingerprint density at radius 3 is 2.25 bits per heavy atom. The minimum atomic E-state index is -4.42. The van der Waals surface area contributed by atoms with Gasteiger partial charge in [-0.1, -0.05) is 69.4 Å². The van der Waals surface area contributed by atoms with Crippen molar-refractivity contribution in [3.8, 4) is 16.9 Å². The van der Waals surface area contributed by atoms with Crippen LogP contribution in [0.3, 0.4) is 0 Å². The number of nitrogens with one attached hydrogen (secondary N) is 2. The average Bonchev–Trinajstić information content (AvgIpc) is 0.734. The second-order valence-electron chi connectivity index (χ2n) is 35.8. The van der Waals surface area contributed by atoms with Crippen LogP contribution in [0.5, 0.6) is 5.75 Å². The summed E-state index contributed by atoms with van der Waals surface area (Å²) in [5.74, 6) is -8.93. The van der Waals surface area contributed by atoms with Gasteiger partial charge >= 0.3 is 18.0 Å². The van der Waals surface area contributed by atoms with E-state index in [4.69, 9.17) is 38.5 Å². The number of imide groups is 1. The quantitative estimate of drug-likeness (QED) is 0.00844. The van der Waals surface area contributed by atoms with E-state index in [1.807, 2.05) is 40.8 Å². The van der Waals surface area contributed by atoms with Crippen LogP contribution in [-0.4, -0.2) is 276 Å². The van der Waals surface area contributed by atoms with Crippen molar-refractivity contribution in [1.82, 2.24) is 39.8 Å². The zero-order valence-corrected chi connectivity index (χ0v) is 74.4. The highest BCUT2D eigenvalue weighted by Crippen LogP contribution is 2.72. The number of aliphatic hydroxyl groups excluding tert-OH is 3. The monoisotopic (exact) mass is 1800 g/mol. The number of ketones is 3. The van der Waals surface area contributed by atoms with Crippen LogP contribution in [0.2, 0.25) is 0 Å². The first-order valence-electron chi connectivity index (χ1n) is 42.3. The van der Waals surface area contributed by atoms with Crippen molar-refractivity contribution in [3.63, 3.8) is 0 Å². The Hall–Kier alpha value is -9.74. The Morgan fingerprint density at radius 2 is 1.56 bits per heavy atom. The van der Waals surface area contributed by atoms with Crippen molar-refractivity contribution in [2.75, 3.05) is 89.1 Å². The van der Waals surface area contributed by atoms with E-state index < -0.39 is 172 Å². The van der Waals surface area contributed by atoms with Gasteiger partial charge in [-0.25, -0.2) is 24.4 Å². The molecule has 4 saturated carbocycles. The fourth-order valence-corrected chi connectivity index (χ4v) is 22.6. The fraction of sp³-hybridized carbons (Fsp3) is 0.568. The standard InChI is InChI=1S/C88H110N10O25S3/c1-48(2)60(34-55(99)33-56(100)37-96-54(40-120-28-29-126(115,116)117)32-64(79(96)108)98-71(102)35-69(124-9)80(98)109)78(107)90-49(3)65(101)31-51-14-15-53(52(30-51)16-19-67-73(103)74(104)75(105)76(123-67)82(112)113)39-121-84(114)94(24-26-118-7)25-27-122-88-44-85(5)41-86(6,45-88)43-87(42-85,46-88)47-97-50(4)61(36-89-97)58-18-21-70(92-72(58)81(110)111)95-23-22-57-62(38-95)59(17-20-66(57)119-8)77(106)93-83-91-63-12-10-11-13-68(63)125-83/h10-15,17-18,20-21,30,36,48-49,54,60,64,67,69,73-76,103-105H,16,19,22-29,31-35,37-47H2,1-9H3,(H,90,107)(H,110,111)(H,112,113)(H,91,93,106)(H,115,116,117)/t49-,54-,60-,64-,67-,69?,73-,74+,75-,76-,85?,86?,87?,88?/m0/s1. The molecule has 7 heterocycles. The van der Waals surface area contributed by atoms with Gasteiger partial charge in [0.1, 0.15) is 48.3 Å². The number of rotatable bonds is 40. The molecule has 3 aromatic heterocycles. The smallest absolute Gasteiger partial charge is 0.410 e. The molecule has 0 spiro atoms. The van der Waals surface area contributed by atoms with Gasteiger partial charge in [0.05, 0.1) is 97.7 Å². The molecule has 7 fully saturated rings. The predicted molar refractivity (Wildman–Crippen MR) is 459 cm³/mol. The van der Waals surface area contributed by atoms with Crippen molar-refractivity contribution in [2.24, 2.45) is 28.1 Å². The van der Waals surface area contributed by atoms with E-state index in [0.29, 0.717) is 76.0 Å². The summed E-state index contributed by atoms with van der Waals surface area (Å²) in [6, 6.07) is 16.2. The number of aromatic carboxylic acids is 1. The van der Waals surface area contributed by atoms with Crippen LogP contribution < -0.4 is 20.3 Å². The predicted octanol–water partition coefficient (Wildman–Crippen LogP) is 6.84. The zero-order chi connectivity index (χ0) is 90.8. The van der Waals surface area contributed by atoms with Crippen molar-refractivity contribution in [3.05, 3.63) is 118 Å². The molecule has 126 heavy (non-hydrogen) atoms. The van der Waals surface area contributed by atoms with E-state index in [-0.39, 0.29) is 106 Å². The second kappa shape index (κ2) is 38.7. The third-order valence-corrected chi connectivity index (χ3v) is 28.3. The summed E-state index contributed by atoms with van der Waals surface area (Å²) in [4.78, 5) is 165. The number of aromatic nitrogens is 4. The Labute approximate surface area is 737 Å². The maximum atomic E-state index is 14.5. The normalized spacial score (nSPS) is 25.6. The van der Waals surface area contributed by atoms with Gasteiger partial charge in [0.2, 0.25) is 23.6 Å². The molecule has 6 aromatic rings. The maximum Gasteiger partial charge on any atom is 0.410 e. The summed E-state index contributed by atoms with van der Waals surface area (Å²) >= 11 is 2.51. The number of carboxylic acids is 2. The number of aliphatic hydroxyl groups is 3. The van der Waals surface area contributed by atoms with E-state index in [1.54, 1.807) is 75.9 Å². The van der Waals surface area contributed by atoms with Crippen LogP contribution in [0.15, 0.2) is 72.9 Å². The Morgan fingerprint density at radius 1 is 0.825 bits per heavy atom. The Kier molecular flexibility index (Phi) is 28.8. The van der Waals surface area contributed by atoms with Crippen LogP contribution in [0.4, 0.5) is 15.7 Å². The summed E-state index contributed by atoms with van der Waals surface area (Å²) in [7, 11) is -1.34. The van der Waals surface area contributed by atoms with E-state index in [0.717, 1.165) is 80.7 Å². The van der Waals surface area contributed by atoms with E-state index >= 15 is 0 Å². The summed E-state index contributed by atoms with van der Waals surface area (Å²) in [5.41, 5.74) is 4.66. The number of carboxylic acid groups (broad SMARTS) is 2. The molecule has 8 aliphatic rings. The van der Waals surface area contributed by atoms with Crippen LogP contribution in [0, 0.1) is 35.0 Å². The highest BCUT2D eigenvalue weighted by molar-refractivity contribution is 8.00. The number of carbonyl (C=O) groups excluding carboxylic acids is 9. The molecule has 3 saturated heterocycles. The molecule has 680 valence electrons. The van der Waals surface area contributed by atoms with E-state index in [2.05, 4.69) is 29.5 Å². The van der Waals surface area contributed by atoms with Crippen molar-refractivity contribution >= 4 is 119 Å². The lowest BCUT2D eigenvalue weighted by Gasteiger charge is -2.69. The molecular weight excluding hydrogens is 1690 g/mol. The number of Topliss-reactive ketones (excluding diaryl/α,β-unsaturated/α-hetero) is 3. The molecule has 0 radical (unpaired) electrons. The van der Waals surface area contributed by atoms with E-state index in [1.165, 1.54) is 30.3 Å². The number of carbonyl (C=O) groups is 11. The zero-order valence-electron chi connectivity index (χ0n) is 71.9. The second-order valence-corrected chi connectivity index (χ2v) is 39.4. The number of amides is 6. The van der Waals surface area contributed by atoms with Gasteiger partial charge < -0.3 is 74.0 Å². The topological polar surface area (TPSA) is 479 Å². The van der Waals surface area contributed by atoms with Gasteiger partial charge in [0.25, 0.3) is 16.0 Å². The minimum Gasteiger partial charge on any atom is -0.496 e. The number of fused-ring (bicyclic) bond motifs is 2. The SMILES string of the molecule is COCCN(CCOC12CC3(C)CC(C)(CC(Cn4ncc(-c5ccc(N6CCc7c(OC)ccc(C(=O)Nc8nc9ccccc9s8)c7C6)nc5C(=O)O)c4C)(C3)C1)C2)C(=O)OCc1ccc(CC(=O)[C@H](C)NC(=O)[C@@H](CC(=O)CC(=O)CN2C(=O)[C@@H](N3C(=O)CC(SC)C3=O)C[C@H]2COCCS(=O)(=O)O)C(C)C)cc1CC[C@@H]1O[C@H](C(=O)O)[C@@H](O)[C@H](O)[C@H]1O. The lowest BCUT2D eigenvalue weighted by molar-refractivity contribution is -0.248. The number of para-hydroxylation sites is 1. The van der Waals surface area contributed by atoms with Crippen LogP contribution in [-0.2, 0) is 111 Å². The summed E-state index contributed by atoms with van der Waals surface area (Å²) in [6.07, 6.45) is -2.54. The number of nitrogens with zero attached hydrogens (tertiary/aromatic N) is 8. The Bertz CT molecular complexity index is 5260. The van der Waals surface area contributed by atoms with Crippen molar-refractivity contribution in [2.45, 2.75) is 211 Å². The van der Waals surface area contributed by atoms with Gasteiger partial charge in [0, 0.05) is 93.0 Å². The number of hydrogen-bond donors (Lipinski definition) is 8. The molecule has 8 N–H and O–H groups in total. The van der Waals surface area contributed by atoms with Gasteiger partial charge in [-0.05, 0) is 165 Å². The highest BCUT2D eigenvalue weighted by atomic mass is 32.2. The third kappa shape index (κ3) is 21.0. The van der Waals surface area contributed by atoms with Crippen LogP contribution >= 0.6 is 23.1 Å². The lowest BCUT2D eigenvalue weighted by Crippen LogP contribution is -2.64. The summed E-state index contributed by atoms with van der Waals surface area (Å²) < 4.78 is 70.5. The number of methoxy groups -OCH3 is 2. The average molecular weight is 1800 g/mol. The number of likely N-dealkylation sites (tertiary alicyclic amines) is 2. The number of benzene rings is 3. The maximum absolute atomic E-state index is 14.5. The molecule has 4 aliphatic heterocycles. The van der Waals surface area contributed by atoms with Gasteiger partial charge in [0.15, 0.2) is 28.5 Å². The molecule has 35 nitrogen and oxygen atoms in total. The number of hydrogen-bond acceptors (Lipinski definition) is 28. The first-order valence-corrected chi connectivity index (χ1v) is 46.0. The number of pyridine rings is 1. The van der Waals surface area contributed by atoms with Crippen molar-refractivity contribution in [1.29, 1.82) is 0 Å². The fourth-order valence-electron chi connectivity index (χ4n) is 20.8. The number of aliphatic carboxylic acids is 1. The first kappa shape index (κ1) is 93.9. The molecule has 4 aliphatic carbocycles. The first-order chi connectivity index (χ1) is 59.7. The number of aryl methyl sites for hydroxylation is 1. The van der Waals surface area contributed by atoms with Gasteiger partial charge in [-0.2, -0.15) is 25.3 Å². The molecule has 3 unspecified atom stereocenters. The lowest BCUT2D eigenvalue weighted by atomic mass is 9.39. The Balaban J connectivity index is 0.647. The number of ether oxygens (including phenoxy) is 6.